The number of hydrogen-bond donors (Lipinski definition) is 0. The number of amides is 1. The number of aryl methyl sites for hydroxylation is 1. The highest BCUT2D eigenvalue weighted by Crippen LogP contribution is 2.15. The first-order valence-corrected chi connectivity index (χ1v) is 6.55. The van der Waals surface area contributed by atoms with Crippen LogP contribution in [0.5, 0.6) is 0 Å². The van der Waals surface area contributed by atoms with Crippen LogP contribution in [0.4, 0.5) is 0 Å². The number of halogens is 1. The number of carbonyl (C=O) groups excluding carboxylic acids is 1. The average molecular weight is 287 g/mol. The summed E-state index contributed by atoms with van der Waals surface area (Å²) in [6, 6.07) is 0. The number of rotatable bonds is 4. The molecule has 0 radical (unpaired) electrons. The molecule has 5 nitrogen and oxygen atoms in total. The Morgan fingerprint density at radius 3 is 3.12 bits per heavy atom. The second-order valence-electron chi connectivity index (χ2n) is 3.98. The Morgan fingerprint density at radius 2 is 2.38 bits per heavy atom. The summed E-state index contributed by atoms with van der Waals surface area (Å²) in [7, 11) is 1.81. The van der Waals surface area contributed by atoms with Crippen molar-refractivity contribution < 1.29 is 4.79 Å². The van der Waals surface area contributed by atoms with Gasteiger partial charge in [0.05, 0.1) is 6.54 Å². The molecule has 1 aromatic rings. The van der Waals surface area contributed by atoms with Gasteiger partial charge in [-0.2, -0.15) is 0 Å². The van der Waals surface area contributed by atoms with Crippen molar-refractivity contribution in [1.29, 1.82) is 0 Å². The first-order valence-electron chi connectivity index (χ1n) is 5.43. The van der Waals surface area contributed by atoms with Gasteiger partial charge < -0.3 is 9.47 Å². The minimum atomic E-state index is 0.132. The smallest absolute Gasteiger partial charge is 0.223 e. The predicted octanol–water partition coefficient (Wildman–Crippen LogP) is 0.968. The fourth-order valence-electron chi connectivity index (χ4n) is 1.90. The minimum absolute atomic E-state index is 0.132. The molecule has 0 fully saturated rings. The third-order valence-electron chi connectivity index (χ3n) is 2.80. The van der Waals surface area contributed by atoms with Gasteiger partial charge in [-0.15, -0.1) is 10.2 Å². The second-order valence-corrected chi connectivity index (χ2v) is 4.77. The standard InChI is InChI=1S/C10H15BrN4O/c1-14(10(16)4-5-11)7-9-13-12-8-3-2-6-15(8)9/h2-7H2,1H3. The molecule has 16 heavy (non-hydrogen) atoms. The van der Waals surface area contributed by atoms with Gasteiger partial charge in [0, 0.05) is 31.8 Å². The summed E-state index contributed by atoms with van der Waals surface area (Å²) in [6.07, 6.45) is 2.67. The van der Waals surface area contributed by atoms with Crippen LogP contribution in [0.3, 0.4) is 0 Å². The van der Waals surface area contributed by atoms with Crippen LogP contribution in [0.25, 0.3) is 0 Å². The lowest BCUT2D eigenvalue weighted by molar-refractivity contribution is -0.130. The maximum atomic E-state index is 11.6. The fourth-order valence-corrected chi connectivity index (χ4v) is 2.24. The molecule has 1 amide bonds. The molecule has 1 aromatic heterocycles. The van der Waals surface area contributed by atoms with Crippen LogP contribution < -0.4 is 0 Å². The lowest BCUT2D eigenvalue weighted by Crippen LogP contribution is -2.27. The summed E-state index contributed by atoms with van der Waals surface area (Å²) in [5, 5.41) is 8.95. The van der Waals surface area contributed by atoms with Crippen LogP contribution in [0.15, 0.2) is 0 Å². The molecule has 0 N–H and O–H groups in total. The molecule has 2 heterocycles. The van der Waals surface area contributed by atoms with Gasteiger partial charge in [-0.05, 0) is 6.42 Å². The summed E-state index contributed by atoms with van der Waals surface area (Å²) in [6.45, 7) is 1.54. The van der Waals surface area contributed by atoms with Crippen molar-refractivity contribution in [3.05, 3.63) is 11.6 Å². The van der Waals surface area contributed by atoms with Gasteiger partial charge in [0.15, 0.2) is 5.82 Å². The van der Waals surface area contributed by atoms with Gasteiger partial charge in [0.2, 0.25) is 5.91 Å². The number of nitrogens with zero attached hydrogens (tertiary/aromatic N) is 4. The zero-order valence-electron chi connectivity index (χ0n) is 9.32. The molecule has 0 bridgehead atoms. The molecule has 6 heteroatoms. The number of alkyl halides is 1. The number of hydrogen-bond acceptors (Lipinski definition) is 3. The Kier molecular flexibility index (Phi) is 3.58. The van der Waals surface area contributed by atoms with Crippen molar-refractivity contribution in [2.24, 2.45) is 0 Å². The largest absolute Gasteiger partial charge is 0.338 e. The summed E-state index contributed by atoms with van der Waals surface area (Å²) >= 11 is 3.27. The quantitative estimate of drug-likeness (QED) is 0.775. The van der Waals surface area contributed by atoms with Crippen LogP contribution in [-0.2, 0) is 24.3 Å². The number of carbonyl (C=O) groups is 1. The summed E-state index contributed by atoms with van der Waals surface area (Å²) < 4.78 is 2.12. The van der Waals surface area contributed by atoms with Crippen LogP contribution in [0.1, 0.15) is 24.5 Å². The van der Waals surface area contributed by atoms with E-state index in [0.717, 1.165) is 31.0 Å². The molecule has 1 aliphatic rings. The summed E-state index contributed by atoms with van der Waals surface area (Å²) in [4.78, 5) is 13.3. The molecule has 0 atom stereocenters. The van der Waals surface area contributed by atoms with E-state index < -0.39 is 0 Å². The maximum absolute atomic E-state index is 11.6. The third kappa shape index (κ3) is 2.26. The fraction of sp³-hybridized carbons (Fsp3) is 0.700. The van der Waals surface area contributed by atoms with E-state index in [2.05, 4.69) is 30.7 Å². The molecule has 0 aromatic carbocycles. The van der Waals surface area contributed by atoms with E-state index in [0.29, 0.717) is 18.3 Å². The zero-order chi connectivity index (χ0) is 11.5. The molecule has 0 unspecified atom stereocenters. The highest BCUT2D eigenvalue weighted by atomic mass is 79.9. The summed E-state index contributed by atoms with van der Waals surface area (Å²) in [5.74, 6) is 2.08. The SMILES string of the molecule is CN(Cc1nnc2n1CCC2)C(=O)CCBr. The highest BCUT2D eigenvalue weighted by molar-refractivity contribution is 9.09. The molecule has 0 saturated heterocycles. The van der Waals surface area contributed by atoms with E-state index in [4.69, 9.17) is 0 Å². The van der Waals surface area contributed by atoms with Crippen LogP contribution in [0, 0.1) is 0 Å². The Balaban J connectivity index is 2.01. The van der Waals surface area contributed by atoms with Crippen LogP contribution in [0.2, 0.25) is 0 Å². The van der Waals surface area contributed by atoms with E-state index >= 15 is 0 Å². The van der Waals surface area contributed by atoms with Gasteiger partial charge in [0.1, 0.15) is 5.82 Å². The van der Waals surface area contributed by atoms with Crippen molar-refractivity contribution in [2.45, 2.75) is 32.4 Å². The van der Waals surface area contributed by atoms with E-state index in [1.165, 1.54) is 0 Å². The van der Waals surface area contributed by atoms with Gasteiger partial charge in [-0.1, -0.05) is 15.9 Å². The van der Waals surface area contributed by atoms with Crippen LogP contribution >= 0.6 is 15.9 Å². The molecule has 2 rings (SSSR count). The minimum Gasteiger partial charge on any atom is -0.338 e. The zero-order valence-corrected chi connectivity index (χ0v) is 10.9. The molecule has 0 spiro atoms. The maximum Gasteiger partial charge on any atom is 0.223 e. The van der Waals surface area contributed by atoms with Gasteiger partial charge in [-0.3, -0.25) is 4.79 Å². The highest BCUT2D eigenvalue weighted by Gasteiger charge is 2.19. The van der Waals surface area contributed by atoms with Crippen molar-refractivity contribution >= 4 is 21.8 Å². The molecule has 0 saturated carbocycles. The number of fused-ring (bicyclic) bond motifs is 1. The van der Waals surface area contributed by atoms with Crippen molar-refractivity contribution in [3.63, 3.8) is 0 Å². The first kappa shape index (κ1) is 11.6. The lowest BCUT2D eigenvalue weighted by Gasteiger charge is -2.16. The molecular formula is C10H15BrN4O. The van der Waals surface area contributed by atoms with Crippen molar-refractivity contribution in [1.82, 2.24) is 19.7 Å². The summed E-state index contributed by atoms with van der Waals surface area (Å²) in [5.41, 5.74) is 0. The second kappa shape index (κ2) is 4.95. The number of aromatic nitrogens is 3. The Bertz CT molecular complexity index is 390. The van der Waals surface area contributed by atoms with Crippen molar-refractivity contribution in [2.75, 3.05) is 12.4 Å². The Hall–Kier alpha value is -0.910. The average Bonchev–Trinajstić information content (AvgIpc) is 2.83. The normalized spacial score (nSPS) is 13.9. The van der Waals surface area contributed by atoms with E-state index in [-0.39, 0.29) is 5.91 Å². The predicted molar refractivity (Wildman–Crippen MR) is 63.2 cm³/mol. The molecule has 1 aliphatic heterocycles. The molecule has 88 valence electrons. The van der Waals surface area contributed by atoms with Gasteiger partial charge in [-0.25, -0.2) is 0 Å². The van der Waals surface area contributed by atoms with Crippen LogP contribution in [-0.4, -0.2) is 37.9 Å². The third-order valence-corrected chi connectivity index (χ3v) is 3.20. The van der Waals surface area contributed by atoms with E-state index in [1.54, 1.807) is 4.90 Å². The Morgan fingerprint density at radius 1 is 1.56 bits per heavy atom. The topological polar surface area (TPSA) is 51.0 Å². The van der Waals surface area contributed by atoms with E-state index in [1.807, 2.05) is 7.05 Å². The van der Waals surface area contributed by atoms with Gasteiger partial charge in [0.25, 0.3) is 0 Å². The lowest BCUT2D eigenvalue weighted by atomic mass is 10.4. The van der Waals surface area contributed by atoms with Crippen molar-refractivity contribution in [3.8, 4) is 0 Å². The Labute approximate surface area is 103 Å². The monoisotopic (exact) mass is 286 g/mol. The van der Waals surface area contributed by atoms with Gasteiger partial charge >= 0.3 is 0 Å². The van der Waals surface area contributed by atoms with E-state index in [9.17, 15) is 4.79 Å². The first-order chi connectivity index (χ1) is 7.72. The molecule has 0 aliphatic carbocycles. The molecular weight excluding hydrogens is 272 g/mol.